The highest BCUT2D eigenvalue weighted by Crippen LogP contribution is 2.16. The second-order valence-corrected chi connectivity index (χ2v) is 4.37. The van der Waals surface area contributed by atoms with Crippen LogP contribution in [0.1, 0.15) is 5.56 Å². The predicted octanol–water partition coefficient (Wildman–Crippen LogP) is 3.44. The van der Waals surface area contributed by atoms with Gasteiger partial charge in [0.2, 0.25) is 0 Å². The summed E-state index contributed by atoms with van der Waals surface area (Å²) in [5.41, 5.74) is 1.21. The summed E-state index contributed by atoms with van der Waals surface area (Å²) in [7, 11) is 0. The Labute approximate surface area is 110 Å². The lowest BCUT2D eigenvalue weighted by Crippen LogP contribution is -2.06. The van der Waals surface area contributed by atoms with E-state index in [0.717, 1.165) is 18.0 Å². The van der Waals surface area contributed by atoms with Crippen LogP contribution in [0, 0.1) is 0 Å². The molecule has 1 heterocycles. The van der Waals surface area contributed by atoms with Crippen LogP contribution >= 0.6 is 23.2 Å². The molecule has 0 aliphatic rings. The third-order valence-electron chi connectivity index (χ3n) is 2.29. The van der Waals surface area contributed by atoms with Crippen LogP contribution in [-0.4, -0.2) is 16.5 Å². The first-order valence-corrected chi connectivity index (χ1v) is 5.95. The molecule has 1 aromatic carbocycles. The molecule has 1 N–H and O–H groups in total. The normalized spacial score (nSPS) is 10.2. The van der Waals surface area contributed by atoms with Crippen LogP contribution in [-0.2, 0) is 6.42 Å². The minimum Gasteiger partial charge on any atom is -0.368 e. The summed E-state index contributed by atoms with van der Waals surface area (Å²) < 4.78 is 0. The van der Waals surface area contributed by atoms with E-state index in [1.807, 2.05) is 24.3 Å². The number of aromatic nitrogens is 2. The Kier molecular flexibility index (Phi) is 4.18. The molecule has 0 amide bonds. The highest BCUT2D eigenvalue weighted by atomic mass is 35.5. The number of anilines is 1. The summed E-state index contributed by atoms with van der Waals surface area (Å²) in [6.45, 7) is 0.762. The SMILES string of the molecule is Clc1ccc(CCNc2ncncc2Cl)cc1. The van der Waals surface area contributed by atoms with Gasteiger partial charge in [-0.3, -0.25) is 0 Å². The van der Waals surface area contributed by atoms with E-state index in [4.69, 9.17) is 23.2 Å². The third-order valence-corrected chi connectivity index (χ3v) is 2.82. The maximum atomic E-state index is 5.92. The lowest BCUT2D eigenvalue weighted by atomic mass is 10.1. The molecule has 0 radical (unpaired) electrons. The molecular weight excluding hydrogens is 257 g/mol. The summed E-state index contributed by atoms with van der Waals surface area (Å²) in [5, 5.41) is 4.44. The summed E-state index contributed by atoms with van der Waals surface area (Å²) >= 11 is 11.7. The van der Waals surface area contributed by atoms with Gasteiger partial charge in [0, 0.05) is 11.6 Å². The fourth-order valence-corrected chi connectivity index (χ4v) is 1.72. The van der Waals surface area contributed by atoms with E-state index in [1.165, 1.54) is 11.9 Å². The van der Waals surface area contributed by atoms with E-state index in [9.17, 15) is 0 Å². The van der Waals surface area contributed by atoms with Gasteiger partial charge in [0.15, 0.2) is 0 Å². The van der Waals surface area contributed by atoms with Gasteiger partial charge in [-0.25, -0.2) is 9.97 Å². The van der Waals surface area contributed by atoms with Gasteiger partial charge in [-0.05, 0) is 24.1 Å². The minimum atomic E-state index is 0.531. The van der Waals surface area contributed by atoms with Crippen molar-refractivity contribution >= 4 is 29.0 Å². The van der Waals surface area contributed by atoms with Crippen LogP contribution in [0.5, 0.6) is 0 Å². The molecule has 2 rings (SSSR count). The minimum absolute atomic E-state index is 0.531. The monoisotopic (exact) mass is 267 g/mol. The van der Waals surface area contributed by atoms with Crippen molar-refractivity contribution < 1.29 is 0 Å². The molecule has 17 heavy (non-hydrogen) atoms. The Morgan fingerprint density at radius 2 is 1.88 bits per heavy atom. The number of nitrogens with one attached hydrogen (secondary N) is 1. The van der Waals surface area contributed by atoms with Crippen LogP contribution in [0.2, 0.25) is 10.0 Å². The van der Waals surface area contributed by atoms with Gasteiger partial charge in [-0.1, -0.05) is 35.3 Å². The Hall–Kier alpha value is -1.32. The van der Waals surface area contributed by atoms with Crippen molar-refractivity contribution in [2.45, 2.75) is 6.42 Å². The van der Waals surface area contributed by atoms with E-state index >= 15 is 0 Å². The van der Waals surface area contributed by atoms with E-state index in [-0.39, 0.29) is 0 Å². The molecule has 0 spiro atoms. The zero-order valence-corrected chi connectivity index (χ0v) is 10.5. The standard InChI is InChI=1S/C12H11Cl2N3/c13-10-3-1-9(2-4-10)5-6-16-12-11(14)7-15-8-17-12/h1-4,7-8H,5-6H2,(H,15,16,17). The second kappa shape index (κ2) is 5.84. The molecule has 0 aliphatic carbocycles. The zero-order valence-electron chi connectivity index (χ0n) is 9.03. The lowest BCUT2D eigenvalue weighted by molar-refractivity contribution is 0.999. The van der Waals surface area contributed by atoms with Crippen LogP contribution < -0.4 is 5.32 Å². The molecule has 0 saturated carbocycles. The maximum absolute atomic E-state index is 5.92. The molecule has 88 valence electrons. The molecule has 5 heteroatoms. The highest BCUT2D eigenvalue weighted by molar-refractivity contribution is 6.32. The molecule has 0 unspecified atom stereocenters. The van der Waals surface area contributed by atoms with Crippen LogP contribution in [0.4, 0.5) is 5.82 Å². The average molecular weight is 268 g/mol. The number of rotatable bonds is 4. The van der Waals surface area contributed by atoms with Gasteiger partial charge in [-0.15, -0.1) is 0 Å². The second-order valence-electron chi connectivity index (χ2n) is 3.52. The first kappa shape index (κ1) is 12.1. The number of hydrogen-bond donors (Lipinski definition) is 1. The van der Waals surface area contributed by atoms with E-state index in [0.29, 0.717) is 10.8 Å². The van der Waals surface area contributed by atoms with Crippen molar-refractivity contribution in [2.24, 2.45) is 0 Å². The Morgan fingerprint density at radius 3 is 2.59 bits per heavy atom. The molecular formula is C12H11Cl2N3. The summed E-state index contributed by atoms with van der Waals surface area (Å²) in [4.78, 5) is 7.87. The molecule has 0 atom stereocenters. The van der Waals surface area contributed by atoms with Crippen molar-refractivity contribution in [1.29, 1.82) is 0 Å². The Balaban J connectivity index is 1.88. The molecule has 0 fully saturated rings. The van der Waals surface area contributed by atoms with Gasteiger partial charge in [-0.2, -0.15) is 0 Å². The van der Waals surface area contributed by atoms with Gasteiger partial charge in [0.25, 0.3) is 0 Å². The topological polar surface area (TPSA) is 37.8 Å². The number of hydrogen-bond acceptors (Lipinski definition) is 3. The summed E-state index contributed by atoms with van der Waals surface area (Å²) in [5.74, 6) is 0.663. The molecule has 1 aromatic heterocycles. The first-order valence-electron chi connectivity index (χ1n) is 5.19. The molecule has 0 saturated heterocycles. The largest absolute Gasteiger partial charge is 0.368 e. The molecule has 2 aromatic rings. The smallest absolute Gasteiger partial charge is 0.148 e. The lowest BCUT2D eigenvalue weighted by Gasteiger charge is -2.06. The van der Waals surface area contributed by atoms with Crippen molar-refractivity contribution in [1.82, 2.24) is 9.97 Å². The summed E-state index contributed by atoms with van der Waals surface area (Å²) in [6.07, 6.45) is 3.92. The first-order chi connectivity index (χ1) is 8.25. The quantitative estimate of drug-likeness (QED) is 0.923. The zero-order chi connectivity index (χ0) is 12.1. The Bertz CT molecular complexity index is 485. The number of halogens is 2. The predicted molar refractivity (Wildman–Crippen MR) is 70.7 cm³/mol. The van der Waals surface area contributed by atoms with Gasteiger partial charge in [0.05, 0.1) is 6.20 Å². The van der Waals surface area contributed by atoms with Crippen LogP contribution in [0.25, 0.3) is 0 Å². The maximum Gasteiger partial charge on any atom is 0.148 e. The third kappa shape index (κ3) is 3.58. The number of nitrogens with zero attached hydrogens (tertiary/aromatic N) is 2. The van der Waals surface area contributed by atoms with Crippen molar-refractivity contribution in [3.63, 3.8) is 0 Å². The van der Waals surface area contributed by atoms with Crippen molar-refractivity contribution in [2.75, 3.05) is 11.9 Å². The fourth-order valence-electron chi connectivity index (χ4n) is 1.42. The van der Waals surface area contributed by atoms with Crippen LogP contribution in [0.15, 0.2) is 36.8 Å². The van der Waals surface area contributed by atoms with Crippen LogP contribution in [0.3, 0.4) is 0 Å². The van der Waals surface area contributed by atoms with Gasteiger partial charge in [0.1, 0.15) is 17.2 Å². The Morgan fingerprint density at radius 1 is 1.12 bits per heavy atom. The van der Waals surface area contributed by atoms with Crippen molar-refractivity contribution in [3.05, 3.63) is 52.4 Å². The van der Waals surface area contributed by atoms with E-state index < -0.39 is 0 Å². The average Bonchev–Trinajstić information content (AvgIpc) is 2.34. The molecule has 3 nitrogen and oxygen atoms in total. The van der Waals surface area contributed by atoms with E-state index in [2.05, 4.69) is 15.3 Å². The highest BCUT2D eigenvalue weighted by Gasteiger charge is 2.00. The molecule has 0 bridgehead atoms. The fraction of sp³-hybridized carbons (Fsp3) is 0.167. The van der Waals surface area contributed by atoms with Gasteiger partial charge >= 0.3 is 0 Å². The van der Waals surface area contributed by atoms with Gasteiger partial charge < -0.3 is 5.32 Å². The van der Waals surface area contributed by atoms with E-state index in [1.54, 1.807) is 6.20 Å². The molecule has 0 aliphatic heterocycles. The number of benzene rings is 1. The summed E-state index contributed by atoms with van der Waals surface area (Å²) in [6, 6.07) is 7.78. The van der Waals surface area contributed by atoms with Crippen molar-refractivity contribution in [3.8, 4) is 0 Å².